The Bertz CT molecular complexity index is 309. The molecule has 0 radical (unpaired) electrons. The number of hydrogen-bond donors (Lipinski definition) is 1. The molecule has 0 aliphatic rings. The average molecular weight is 195 g/mol. The zero-order valence-electron chi connectivity index (χ0n) is 9.10. The highest BCUT2D eigenvalue weighted by Gasteiger charge is 2.25. The number of aromatic nitrogens is 2. The maximum Gasteiger partial charge on any atom is 0.0952 e. The molecule has 1 heterocycles. The maximum atomic E-state index is 8.99. The molecule has 1 unspecified atom stereocenters. The summed E-state index contributed by atoms with van der Waals surface area (Å²) >= 11 is 0. The van der Waals surface area contributed by atoms with Gasteiger partial charge in [0.1, 0.15) is 0 Å². The van der Waals surface area contributed by atoms with E-state index < -0.39 is 0 Å². The van der Waals surface area contributed by atoms with E-state index in [9.17, 15) is 0 Å². The first-order chi connectivity index (χ1) is 6.46. The molecule has 0 aromatic carbocycles. The predicted molar refractivity (Wildman–Crippen MR) is 55.6 cm³/mol. The third kappa shape index (κ3) is 2.13. The van der Waals surface area contributed by atoms with E-state index in [4.69, 9.17) is 5.21 Å². The molecule has 0 spiro atoms. The molecule has 0 amide bonds. The second-order valence-electron chi connectivity index (χ2n) is 4.42. The number of nitrogens with zero attached hydrogens (tertiary/aromatic N) is 3. The Morgan fingerprint density at radius 2 is 2.14 bits per heavy atom. The van der Waals surface area contributed by atoms with E-state index in [2.05, 4.69) is 10.1 Å². The van der Waals surface area contributed by atoms with Crippen molar-refractivity contribution in [1.82, 2.24) is 9.55 Å². The van der Waals surface area contributed by atoms with Crippen LogP contribution in [0.2, 0.25) is 0 Å². The molecule has 0 saturated heterocycles. The van der Waals surface area contributed by atoms with Crippen molar-refractivity contribution in [2.24, 2.45) is 10.6 Å². The van der Waals surface area contributed by atoms with E-state index >= 15 is 0 Å². The molecule has 0 fully saturated rings. The van der Waals surface area contributed by atoms with Crippen LogP contribution >= 0.6 is 0 Å². The van der Waals surface area contributed by atoms with Crippen LogP contribution in [0.15, 0.2) is 23.9 Å². The van der Waals surface area contributed by atoms with Crippen molar-refractivity contribution < 1.29 is 5.21 Å². The van der Waals surface area contributed by atoms with Crippen LogP contribution in [0.4, 0.5) is 0 Å². The summed E-state index contributed by atoms with van der Waals surface area (Å²) in [7, 11) is 0. The number of rotatable bonds is 2. The smallest absolute Gasteiger partial charge is 0.0952 e. The van der Waals surface area contributed by atoms with Gasteiger partial charge in [0.25, 0.3) is 0 Å². The van der Waals surface area contributed by atoms with Crippen LogP contribution in [0, 0.1) is 5.41 Å². The largest absolute Gasteiger partial charge is 0.411 e. The lowest BCUT2D eigenvalue weighted by molar-refractivity contribution is 0.304. The molecule has 1 rings (SSSR count). The summed E-state index contributed by atoms with van der Waals surface area (Å²) in [6.07, 6.45) is 5.30. The lowest BCUT2D eigenvalue weighted by atomic mass is 9.86. The van der Waals surface area contributed by atoms with Gasteiger partial charge in [-0.15, -0.1) is 0 Å². The van der Waals surface area contributed by atoms with Gasteiger partial charge in [0.2, 0.25) is 0 Å². The van der Waals surface area contributed by atoms with Crippen molar-refractivity contribution in [3.05, 3.63) is 18.7 Å². The third-order valence-corrected chi connectivity index (χ3v) is 2.24. The highest BCUT2D eigenvalue weighted by atomic mass is 16.4. The summed E-state index contributed by atoms with van der Waals surface area (Å²) < 4.78 is 1.92. The molecule has 0 bridgehead atoms. The normalized spacial score (nSPS) is 15.6. The van der Waals surface area contributed by atoms with Crippen molar-refractivity contribution in [1.29, 1.82) is 0 Å². The molecule has 78 valence electrons. The Hall–Kier alpha value is -1.32. The van der Waals surface area contributed by atoms with Crippen LogP contribution < -0.4 is 0 Å². The van der Waals surface area contributed by atoms with E-state index in [0.29, 0.717) is 0 Å². The van der Waals surface area contributed by atoms with Crippen LogP contribution in [0.3, 0.4) is 0 Å². The van der Waals surface area contributed by atoms with E-state index in [1.807, 2.05) is 38.5 Å². The molecule has 4 heteroatoms. The highest BCUT2D eigenvalue weighted by molar-refractivity contribution is 5.91. The molecular weight excluding hydrogens is 178 g/mol. The van der Waals surface area contributed by atoms with Crippen LogP contribution in [0.25, 0.3) is 0 Å². The molecular formula is C10H17N3O. The quantitative estimate of drug-likeness (QED) is 0.447. The summed E-state index contributed by atoms with van der Waals surface area (Å²) in [5.41, 5.74) is 0.605. The molecule has 1 N–H and O–H groups in total. The Labute approximate surface area is 84.3 Å². The van der Waals surface area contributed by atoms with Crippen molar-refractivity contribution >= 4 is 5.71 Å². The van der Waals surface area contributed by atoms with Gasteiger partial charge in [0.15, 0.2) is 0 Å². The second-order valence-corrected chi connectivity index (χ2v) is 4.42. The minimum absolute atomic E-state index is 0.0301. The summed E-state index contributed by atoms with van der Waals surface area (Å²) in [4.78, 5) is 3.97. The van der Waals surface area contributed by atoms with Crippen molar-refractivity contribution in [3.63, 3.8) is 0 Å². The highest BCUT2D eigenvalue weighted by Crippen LogP contribution is 2.24. The average Bonchev–Trinajstić information content (AvgIpc) is 2.53. The van der Waals surface area contributed by atoms with Gasteiger partial charge < -0.3 is 9.77 Å². The van der Waals surface area contributed by atoms with E-state index in [-0.39, 0.29) is 11.5 Å². The first-order valence-corrected chi connectivity index (χ1v) is 4.66. The Balaban J connectivity index is 2.94. The Morgan fingerprint density at radius 3 is 2.50 bits per heavy atom. The van der Waals surface area contributed by atoms with E-state index in [1.54, 1.807) is 12.5 Å². The van der Waals surface area contributed by atoms with Gasteiger partial charge in [-0.2, -0.15) is 0 Å². The zero-order chi connectivity index (χ0) is 10.8. The molecule has 0 aliphatic heterocycles. The summed E-state index contributed by atoms with van der Waals surface area (Å²) in [6, 6.07) is 0.0301. The minimum atomic E-state index is -0.140. The van der Waals surface area contributed by atoms with Gasteiger partial charge in [-0.3, -0.25) is 0 Å². The molecule has 1 aromatic rings. The van der Waals surface area contributed by atoms with E-state index in [0.717, 1.165) is 5.71 Å². The molecule has 1 aromatic heterocycles. The van der Waals surface area contributed by atoms with Gasteiger partial charge in [-0.25, -0.2) is 4.98 Å². The van der Waals surface area contributed by atoms with Gasteiger partial charge >= 0.3 is 0 Å². The maximum absolute atomic E-state index is 8.99. The number of oxime groups is 1. The van der Waals surface area contributed by atoms with Crippen molar-refractivity contribution in [2.45, 2.75) is 33.7 Å². The SMILES string of the molecule is CC(/C(=N/O)C(C)(C)C)n1ccnc1. The number of hydrogen-bond acceptors (Lipinski definition) is 3. The topological polar surface area (TPSA) is 50.4 Å². The first kappa shape index (κ1) is 10.8. The summed E-state index contributed by atoms with van der Waals surface area (Å²) in [5, 5.41) is 12.4. The molecule has 0 saturated carbocycles. The lowest BCUT2D eigenvalue weighted by Gasteiger charge is -2.25. The first-order valence-electron chi connectivity index (χ1n) is 4.66. The van der Waals surface area contributed by atoms with Crippen LogP contribution in [0.5, 0.6) is 0 Å². The molecule has 14 heavy (non-hydrogen) atoms. The van der Waals surface area contributed by atoms with Gasteiger partial charge in [-0.1, -0.05) is 25.9 Å². The van der Waals surface area contributed by atoms with Crippen molar-refractivity contribution in [3.8, 4) is 0 Å². The molecule has 1 atom stereocenters. The van der Waals surface area contributed by atoms with Gasteiger partial charge in [-0.05, 0) is 6.92 Å². The van der Waals surface area contributed by atoms with E-state index in [1.165, 1.54) is 0 Å². The Kier molecular flexibility index (Phi) is 2.93. The summed E-state index contributed by atoms with van der Waals surface area (Å²) in [5.74, 6) is 0. The number of imidazole rings is 1. The fourth-order valence-corrected chi connectivity index (χ4v) is 1.50. The van der Waals surface area contributed by atoms with Crippen LogP contribution in [0.1, 0.15) is 33.7 Å². The lowest BCUT2D eigenvalue weighted by Crippen LogP contribution is -2.28. The monoisotopic (exact) mass is 195 g/mol. The van der Waals surface area contributed by atoms with Gasteiger partial charge in [0, 0.05) is 17.8 Å². The van der Waals surface area contributed by atoms with Crippen LogP contribution in [-0.4, -0.2) is 20.5 Å². The fourth-order valence-electron chi connectivity index (χ4n) is 1.50. The third-order valence-electron chi connectivity index (χ3n) is 2.24. The van der Waals surface area contributed by atoms with Crippen LogP contribution in [-0.2, 0) is 0 Å². The minimum Gasteiger partial charge on any atom is -0.411 e. The van der Waals surface area contributed by atoms with Gasteiger partial charge in [0.05, 0.1) is 18.1 Å². The zero-order valence-corrected chi connectivity index (χ0v) is 9.10. The Morgan fingerprint density at radius 1 is 1.50 bits per heavy atom. The second kappa shape index (κ2) is 3.82. The summed E-state index contributed by atoms with van der Waals surface area (Å²) in [6.45, 7) is 8.06. The fraction of sp³-hybridized carbons (Fsp3) is 0.600. The molecule has 0 aliphatic carbocycles. The predicted octanol–water partition coefficient (Wildman–Crippen LogP) is 2.32. The molecule has 4 nitrogen and oxygen atoms in total. The standard InChI is InChI=1S/C10H17N3O/c1-8(13-6-5-11-7-13)9(12-14)10(2,3)4/h5-8,14H,1-4H3/b12-9-. The van der Waals surface area contributed by atoms with Crippen molar-refractivity contribution in [2.75, 3.05) is 0 Å².